The number of benzene rings is 2. The molecule has 2 aromatic carbocycles. The number of hydrogen-bond acceptors (Lipinski definition) is 4. The monoisotopic (exact) mass is 459 g/mol. The summed E-state index contributed by atoms with van der Waals surface area (Å²) in [7, 11) is 0. The number of carbonyl (C=O) groups excluding carboxylic acids is 2. The molecule has 2 aliphatic heterocycles. The number of rotatable bonds is 3. The number of anilines is 1. The number of nitrogens with one attached hydrogen (secondary N) is 2. The molecule has 1 aliphatic carbocycles. The molecule has 1 saturated heterocycles. The van der Waals surface area contributed by atoms with E-state index in [4.69, 9.17) is 9.47 Å². The molecule has 0 bridgehead atoms. The van der Waals surface area contributed by atoms with E-state index < -0.39 is 0 Å². The summed E-state index contributed by atoms with van der Waals surface area (Å²) in [5.74, 6) is 1.94. The highest BCUT2D eigenvalue weighted by Crippen LogP contribution is 2.35. The van der Waals surface area contributed by atoms with Crippen LogP contribution < -0.4 is 14.8 Å². The zero-order valence-electron chi connectivity index (χ0n) is 19.4. The Morgan fingerprint density at radius 1 is 1.03 bits per heavy atom. The van der Waals surface area contributed by atoms with Crippen LogP contribution in [-0.2, 0) is 17.6 Å². The van der Waals surface area contributed by atoms with Crippen molar-refractivity contribution in [2.75, 3.05) is 25.2 Å². The number of ether oxygens (including phenoxy) is 2. The first-order valence-corrected chi connectivity index (χ1v) is 12.2. The third-order valence-electron chi connectivity index (χ3n) is 7.47. The smallest absolute Gasteiger partial charge is 0.253 e. The number of aromatic amines is 1. The number of H-pyrrole nitrogens is 1. The van der Waals surface area contributed by atoms with Gasteiger partial charge in [-0.05, 0) is 73.9 Å². The van der Waals surface area contributed by atoms with E-state index in [1.54, 1.807) is 12.1 Å². The van der Waals surface area contributed by atoms with Gasteiger partial charge in [-0.3, -0.25) is 9.59 Å². The molecule has 3 heterocycles. The van der Waals surface area contributed by atoms with Crippen molar-refractivity contribution in [2.45, 2.75) is 39.0 Å². The van der Waals surface area contributed by atoms with Crippen LogP contribution in [0.3, 0.4) is 0 Å². The maximum Gasteiger partial charge on any atom is 0.253 e. The summed E-state index contributed by atoms with van der Waals surface area (Å²) in [5.41, 5.74) is 5.25. The normalized spacial score (nSPS) is 19.8. The Bertz CT molecular complexity index is 1270. The molecule has 34 heavy (non-hydrogen) atoms. The van der Waals surface area contributed by atoms with Gasteiger partial charge in [0, 0.05) is 52.9 Å². The fraction of sp³-hybridized carbons (Fsp3) is 0.407. The zero-order chi connectivity index (χ0) is 23.2. The number of fused-ring (bicyclic) bond motifs is 4. The Kier molecular flexibility index (Phi) is 5.20. The summed E-state index contributed by atoms with van der Waals surface area (Å²) in [6, 6.07) is 11.4. The molecule has 1 atom stereocenters. The highest BCUT2D eigenvalue weighted by molar-refractivity contribution is 5.99. The summed E-state index contributed by atoms with van der Waals surface area (Å²) in [5, 5.41) is 4.17. The van der Waals surface area contributed by atoms with Crippen molar-refractivity contribution >= 4 is 28.4 Å². The molecule has 3 aliphatic rings. The number of likely N-dealkylation sites (tertiary alicyclic amines) is 1. The van der Waals surface area contributed by atoms with Gasteiger partial charge in [-0.25, -0.2) is 0 Å². The fourth-order valence-corrected chi connectivity index (χ4v) is 5.47. The molecule has 1 aromatic heterocycles. The molecule has 2 amide bonds. The Morgan fingerprint density at radius 3 is 2.71 bits per heavy atom. The van der Waals surface area contributed by atoms with Gasteiger partial charge in [0.1, 0.15) is 0 Å². The first-order valence-electron chi connectivity index (χ1n) is 12.2. The van der Waals surface area contributed by atoms with Crippen molar-refractivity contribution in [2.24, 2.45) is 11.8 Å². The Hall–Kier alpha value is -3.48. The molecule has 0 saturated carbocycles. The maximum absolute atomic E-state index is 13.3. The van der Waals surface area contributed by atoms with Crippen LogP contribution >= 0.6 is 0 Å². The van der Waals surface area contributed by atoms with Crippen LogP contribution in [-0.4, -0.2) is 41.6 Å². The topological polar surface area (TPSA) is 83.7 Å². The van der Waals surface area contributed by atoms with Crippen LogP contribution in [0.2, 0.25) is 0 Å². The van der Waals surface area contributed by atoms with Crippen molar-refractivity contribution < 1.29 is 19.1 Å². The molecule has 7 nitrogen and oxygen atoms in total. The number of carbonyl (C=O) groups is 2. The molecule has 0 unspecified atom stereocenters. The van der Waals surface area contributed by atoms with Gasteiger partial charge in [0.2, 0.25) is 12.7 Å². The molecule has 0 spiro atoms. The Labute approximate surface area is 198 Å². The molecule has 3 aromatic rings. The molecule has 2 N–H and O–H groups in total. The first-order chi connectivity index (χ1) is 16.5. The molecule has 0 radical (unpaired) electrons. The van der Waals surface area contributed by atoms with Gasteiger partial charge >= 0.3 is 0 Å². The van der Waals surface area contributed by atoms with Crippen LogP contribution in [0.5, 0.6) is 11.5 Å². The lowest BCUT2D eigenvalue weighted by atomic mass is 9.87. The third-order valence-corrected chi connectivity index (χ3v) is 7.47. The van der Waals surface area contributed by atoms with Gasteiger partial charge in [-0.15, -0.1) is 0 Å². The van der Waals surface area contributed by atoms with Crippen molar-refractivity contribution in [3.8, 4) is 11.5 Å². The van der Waals surface area contributed by atoms with E-state index >= 15 is 0 Å². The standard InChI is InChI=1S/C27H29N3O4/c1-16-2-5-22-20(12-16)21-13-18(3-6-23(21)29-22)27(32)30-10-8-17(9-11-30)26(31)28-19-4-7-24-25(14-19)34-15-33-24/h3-4,6-7,13-14,16-17,29H,2,5,8-12,15H2,1H3,(H,28,31)/t16-/m0/s1. The highest BCUT2D eigenvalue weighted by atomic mass is 16.7. The average molecular weight is 460 g/mol. The van der Waals surface area contributed by atoms with Gasteiger partial charge in [0.05, 0.1) is 0 Å². The number of aromatic nitrogens is 1. The highest BCUT2D eigenvalue weighted by Gasteiger charge is 2.29. The lowest BCUT2D eigenvalue weighted by molar-refractivity contribution is -0.121. The van der Waals surface area contributed by atoms with Crippen LogP contribution in [0, 0.1) is 11.8 Å². The SMILES string of the molecule is C[C@H]1CCc2[nH]c3ccc(C(=O)N4CCC(C(=O)Nc5ccc6c(c5)OCO6)CC4)cc3c2C1. The largest absolute Gasteiger partial charge is 0.454 e. The van der Waals surface area contributed by atoms with E-state index in [0.717, 1.165) is 23.9 Å². The predicted molar refractivity (Wildman–Crippen MR) is 129 cm³/mol. The van der Waals surface area contributed by atoms with Gasteiger partial charge in [0.15, 0.2) is 11.5 Å². The van der Waals surface area contributed by atoms with Gasteiger partial charge < -0.3 is 24.7 Å². The summed E-state index contributed by atoms with van der Waals surface area (Å²) in [6.45, 7) is 3.66. The van der Waals surface area contributed by atoms with Crippen LogP contribution in [0.1, 0.15) is 47.8 Å². The third kappa shape index (κ3) is 3.79. The molecule has 7 heteroatoms. The van der Waals surface area contributed by atoms with E-state index in [1.807, 2.05) is 23.1 Å². The summed E-state index contributed by atoms with van der Waals surface area (Å²) in [6.07, 6.45) is 4.67. The van der Waals surface area contributed by atoms with Crippen molar-refractivity contribution in [3.05, 3.63) is 53.2 Å². The van der Waals surface area contributed by atoms with Crippen LogP contribution in [0.25, 0.3) is 10.9 Å². The molecular formula is C27H29N3O4. The minimum atomic E-state index is -0.116. The average Bonchev–Trinajstić information content (AvgIpc) is 3.47. The zero-order valence-corrected chi connectivity index (χ0v) is 19.4. The maximum atomic E-state index is 13.3. The second-order valence-corrected chi connectivity index (χ2v) is 9.81. The lowest BCUT2D eigenvalue weighted by Crippen LogP contribution is -2.41. The van der Waals surface area contributed by atoms with E-state index in [-0.39, 0.29) is 24.5 Å². The van der Waals surface area contributed by atoms with E-state index in [0.29, 0.717) is 49.0 Å². The first kappa shape index (κ1) is 21.1. The summed E-state index contributed by atoms with van der Waals surface area (Å²) < 4.78 is 10.7. The lowest BCUT2D eigenvalue weighted by Gasteiger charge is -2.31. The fourth-order valence-electron chi connectivity index (χ4n) is 5.47. The minimum absolute atomic E-state index is 0.0135. The number of aryl methyl sites for hydroxylation is 1. The molecule has 1 fully saturated rings. The Balaban J connectivity index is 1.10. The number of piperidine rings is 1. The van der Waals surface area contributed by atoms with Crippen molar-refractivity contribution in [1.29, 1.82) is 0 Å². The van der Waals surface area contributed by atoms with E-state index in [9.17, 15) is 9.59 Å². The predicted octanol–water partition coefficient (Wildman–Crippen LogP) is 4.51. The van der Waals surface area contributed by atoms with Crippen LogP contribution in [0.15, 0.2) is 36.4 Å². The van der Waals surface area contributed by atoms with E-state index in [1.165, 1.54) is 23.1 Å². The molecule has 176 valence electrons. The minimum Gasteiger partial charge on any atom is -0.454 e. The number of hydrogen-bond donors (Lipinski definition) is 2. The second kappa shape index (κ2) is 8.38. The van der Waals surface area contributed by atoms with Gasteiger partial charge in [0.25, 0.3) is 5.91 Å². The quantitative estimate of drug-likeness (QED) is 0.604. The number of nitrogens with zero attached hydrogens (tertiary/aromatic N) is 1. The number of amides is 2. The van der Waals surface area contributed by atoms with Crippen molar-refractivity contribution in [3.63, 3.8) is 0 Å². The van der Waals surface area contributed by atoms with Crippen LogP contribution in [0.4, 0.5) is 5.69 Å². The second-order valence-electron chi connectivity index (χ2n) is 9.81. The van der Waals surface area contributed by atoms with Crippen molar-refractivity contribution in [1.82, 2.24) is 9.88 Å². The summed E-state index contributed by atoms with van der Waals surface area (Å²) >= 11 is 0. The summed E-state index contributed by atoms with van der Waals surface area (Å²) in [4.78, 5) is 31.5. The Morgan fingerprint density at radius 2 is 1.85 bits per heavy atom. The van der Waals surface area contributed by atoms with Gasteiger partial charge in [-0.1, -0.05) is 6.92 Å². The molecule has 6 rings (SSSR count). The molecular weight excluding hydrogens is 430 g/mol. The van der Waals surface area contributed by atoms with E-state index in [2.05, 4.69) is 23.3 Å². The van der Waals surface area contributed by atoms with Gasteiger partial charge in [-0.2, -0.15) is 0 Å².